The van der Waals surface area contributed by atoms with Crippen molar-refractivity contribution in [1.29, 1.82) is 0 Å². The Morgan fingerprint density at radius 1 is 1.21 bits per heavy atom. The molecule has 4 heterocycles. The maximum Gasteiger partial charge on any atom is 0.410 e. The van der Waals surface area contributed by atoms with Gasteiger partial charge in [-0.25, -0.2) is 13.2 Å². The number of cyclic esters (lactones) is 1. The van der Waals surface area contributed by atoms with Crippen molar-refractivity contribution < 1.29 is 22.5 Å². The Morgan fingerprint density at radius 2 is 1.96 bits per heavy atom. The molecule has 2 aliphatic heterocycles. The van der Waals surface area contributed by atoms with Gasteiger partial charge < -0.3 is 9.26 Å². The molecule has 152 valence electrons. The molecule has 2 saturated heterocycles. The Kier molecular flexibility index (Phi) is 5.19. The van der Waals surface area contributed by atoms with Crippen molar-refractivity contribution >= 4 is 27.5 Å². The molecule has 4 rings (SSSR count). The van der Waals surface area contributed by atoms with E-state index in [-0.39, 0.29) is 18.2 Å². The summed E-state index contributed by atoms with van der Waals surface area (Å²) in [4.78, 5) is 14.7. The predicted molar refractivity (Wildman–Crippen MR) is 103 cm³/mol. The smallest absolute Gasteiger partial charge is 0.410 e. The summed E-state index contributed by atoms with van der Waals surface area (Å²) in [7, 11) is -3.56. The van der Waals surface area contributed by atoms with Crippen molar-refractivity contribution in [2.24, 2.45) is 5.92 Å². The van der Waals surface area contributed by atoms with Crippen LogP contribution < -0.4 is 0 Å². The minimum absolute atomic E-state index is 0.0166. The van der Waals surface area contributed by atoms with Crippen LogP contribution >= 0.6 is 11.3 Å². The molecule has 0 spiro atoms. The van der Waals surface area contributed by atoms with Crippen LogP contribution in [0.5, 0.6) is 0 Å². The van der Waals surface area contributed by atoms with Crippen LogP contribution in [0.15, 0.2) is 33.2 Å². The molecule has 1 amide bonds. The summed E-state index contributed by atoms with van der Waals surface area (Å²) in [6, 6.07) is 5.14. The number of aromatic nitrogens is 1. The minimum atomic E-state index is -3.56. The Morgan fingerprint density at radius 3 is 2.61 bits per heavy atom. The van der Waals surface area contributed by atoms with E-state index in [2.05, 4.69) is 19.0 Å². The van der Waals surface area contributed by atoms with Gasteiger partial charge in [-0.3, -0.25) is 4.90 Å². The van der Waals surface area contributed by atoms with E-state index in [0.717, 1.165) is 4.88 Å². The highest BCUT2D eigenvalue weighted by Gasteiger charge is 2.42. The van der Waals surface area contributed by atoms with Gasteiger partial charge in [0.05, 0.1) is 10.9 Å². The lowest BCUT2D eigenvalue weighted by atomic mass is 9.98. The van der Waals surface area contributed by atoms with Gasteiger partial charge in [0.25, 0.3) is 10.0 Å². The number of nitrogens with zero attached hydrogens (tertiary/aromatic N) is 3. The lowest BCUT2D eigenvalue weighted by Crippen LogP contribution is -2.50. The van der Waals surface area contributed by atoms with Gasteiger partial charge in [0.15, 0.2) is 0 Å². The number of carbonyl (C=O) groups excluding carboxylic acids is 1. The number of ether oxygens (including phenoxy) is 1. The highest BCUT2D eigenvalue weighted by Crippen LogP contribution is 2.34. The molecule has 28 heavy (non-hydrogen) atoms. The van der Waals surface area contributed by atoms with Crippen molar-refractivity contribution in [1.82, 2.24) is 14.4 Å². The first-order valence-corrected chi connectivity index (χ1v) is 11.6. The molecule has 2 aromatic rings. The van der Waals surface area contributed by atoms with Crippen LogP contribution in [0.3, 0.4) is 0 Å². The van der Waals surface area contributed by atoms with Crippen LogP contribution in [0.25, 0.3) is 10.6 Å². The quantitative estimate of drug-likeness (QED) is 0.731. The Balaban J connectivity index is 1.45. The van der Waals surface area contributed by atoms with Gasteiger partial charge in [0.2, 0.25) is 0 Å². The molecule has 2 aliphatic rings. The molecule has 2 fully saturated rings. The second-order valence-electron chi connectivity index (χ2n) is 7.43. The topological polar surface area (TPSA) is 93.0 Å². The van der Waals surface area contributed by atoms with Crippen molar-refractivity contribution in [2.45, 2.75) is 43.0 Å². The standard InChI is InChI=1S/C18H23N3O5S2/c1-12(2)15-11-25-18(22)21(15)13-5-8-20(9-6-13)28(23,24)17-4-3-16(27-17)14-7-10-26-19-14/h3-4,7,10,12-13,15H,5-6,8-9,11H2,1-2H3. The van der Waals surface area contributed by atoms with E-state index in [1.807, 2.05) is 4.90 Å². The maximum atomic E-state index is 13.0. The molecule has 10 heteroatoms. The highest BCUT2D eigenvalue weighted by atomic mass is 32.2. The molecule has 0 saturated carbocycles. The summed E-state index contributed by atoms with van der Waals surface area (Å²) >= 11 is 1.19. The molecule has 0 aliphatic carbocycles. The number of amides is 1. The predicted octanol–water partition coefficient (Wildman–Crippen LogP) is 3.03. The van der Waals surface area contributed by atoms with Gasteiger partial charge in [-0.05, 0) is 30.9 Å². The fraction of sp³-hybridized carbons (Fsp3) is 0.556. The number of sulfonamides is 1. The Hall–Kier alpha value is -1.91. The van der Waals surface area contributed by atoms with Crippen LogP contribution in [0, 0.1) is 5.92 Å². The largest absolute Gasteiger partial charge is 0.447 e. The van der Waals surface area contributed by atoms with Crippen molar-refractivity contribution in [3.8, 4) is 10.6 Å². The molecule has 1 atom stereocenters. The maximum absolute atomic E-state index is 13.0. The fourth-order valence-corrected chi connectivity index (χ4v) is 6.70. The molecule has 0 bridgehead atoms. The minimum Gasteiger partial charge on any atom is -0.447 e. The third-order valence-corrected chi connectivity index (χ3v) is 8.87. The molecule has 0 N–H and O–H groups in total. The summed E-state index contributed by atoms with van der Waals surface area (Å²) in [6.45, 7) is 5.33. The van der Waals surface area contributed by atoms with E-state index in [0.29, 0.717) is 48.4 Å². The van der Waals surface area contributed by atoms with E-state index >= 15 is 0 Å². The number of carbonyl (C=O) groups is 1. The number of rotatable bonds is 5. The van der Waals surface area contributed by atoms with Crippen LogP contribution in [0.2, 0.25) is 0 Å². The van der Waals surface area contributed by atoms with Gasteiger partial charge in [0, 0.05) is 25.2 Å². The SMILES string of the molecule is CC(C)C1COC(=O)N1C1CCN(S(=O)(=O)c2ccc(-c3ccon3)s2)CC1. The number of hydrogen-bond acceptors (Lipinski definition) is 7. The molecule has 8 nitrogen and oxygen atoms in total. The summed E-state index contributed by atoms with van der Waals surface area (Å²) < 4.78 is 37.9. The molecule has 0 radical (unpaired) electrons. The first kappa shape index (κ1) is 19.4. The molecular formula is C18H23N3O5S2. The van der Waals surface area contributed by atoms with Crippen LogP contribution in [0.1, 0.15) is 26.7 Å². The van der Waals surface area contributed by atoms with E-state index in [4.69, 9.17) is 9.26 Å². The molecular weight excluding hydrogens is 402 g/mol. The zero-order valence-electron chi connectivity index (χ0n) is 15.8. The second kappa shape index (κ2) is 7.49. The van der Waals surface area contributed by atoms with E-state index in [1.165, 1.54) is 21.9 Å². The lowest BCUT2D eigenvalue weighted by molar-refractivity contribution is 0.117. The average molecular weight is 426 g/mol. The first-order chi connectivity index (χ1) is 13.4. The zero-order chi connectivity index (χ0) is 19.9. The summed E-state index contributed by atoms with van der Waals surface area (Å²) in [5.41, 5.74) is 0.623. The zero-order valence-corrected chi connectivity index (χ0v) is 17.4. The van der Waals surface area contributed by atoms with Gasteiger partial charge in [-0.1, -0.05) is 19.0 Å². The van der Waals surface area contributed by atoms with E-state index in [9.17, 15) is 13.2 Å². The van der Waals surface area contributed by atoms with Gasteiger partial charge in [-0.15, -0.1) is 11.3 Å². The molecule has 1 unspecified atom stereocenters. The fourth-order valence-electron chi connectivity index (χ4n) is 3.80. The average Bonchev–Trinajstić information content (AvgIpc) is 3.41. The number of thiophene rings is 1. The molecule has 0 aromatic carbocycles. The van der Waals surface area contributed by atoms with E-state index < -0.39 is 10.0 Å². The summed E-state index contributed by atoms with van der Waals surface area (Å²) in [5.74, 6) is 0.300. The third-order valence-electron chi connectivity index (χ3n) is 5.40. The lowest BCUT2D eigenvalue weighted by Gasteiger charge is -2.38. The van der Waals surface area contributed by atoms with Gasteiger partial charge in [-0.2, -0.15) is 4.31 Å². The van der Waals surface area contributed by atoms with Crippen LogP contribution in [-0.4, -0.2) is 60.7 Å². The number of hydrogen-bond donors (Lipinski definition) is 0. The Bertz CT molecular complexity index is 930. The van der Waals surface area contributed by atoms with Crippen LogP contribution in [-0.2, 0) is 14.8 Å². The van der Waals surface area contributed by atoms with Gasteiger partial charge >= 0.3 is 6.09 Å². The Labute approximate surface area is 168 Å². The summed E-state index contributed by atoms with van der Waals surface area (Å²) in [6.07, 6.45) is 2.40. The first-order valence-electron chi connectivity index (χ1n) is 9.34. The highest BCUT2D eigenvalue weighted by molar-refractivity contribution is 7.91. The van der Waals surface area contributed by atoms with Crippen LogP contribution in [0.4, 0.5) is 4.79 Å². The van der Waals surface area contributed by atoms with E-state index in [1.54, 1.807) is 18.2 Å². The second-order valence-corrected chi connectivity index (χ2v) is 10.7. The third kappa shape index (κ3) is 3.44. The van der Waals surface area contributed by atoms with Crippen molar-refractivity contribution in [3.63, 3.8) is 0 Å². The number of piperidine rings is 1. The van der Waals surface area contributed by atoms with Gasteiger partial charge in [0.1, 0.15) is 22.8 Å². The van der Waals surface area contributed by atoms with Crippen molar-refractivity contribution in [2.75, 3.05) is 19.7 Å². The van der Waals surface area contributed by atoms with Crippen molar-refractivity contribution in [3.05, 3.63) is 24.5 Å². The summed E-state index contributed by atoms with van der Waals surface area (Å²) in [5, 5.41) is 3.85. The normalized spacial score (nSPS) is 22.2. The monoisotopic (exact) mass is 425 g/mol. The molecule has 2 aromatic heterocycles.